The van der Waals surface area contributed by atoms with Crippen LogP contribution in [0.25, 0.3) is 0 Å². The molecule has 9 heteroatoms. The Labute approximate surface area is 146 Å². The van der Waals surface area contributed by atoms with Crippen LogP contribution in [0.5, 0.6) is 5.75 Å². The highest BCUT2D eigenvalue weighted by molar-refractivity contribution is 6.00. The molecular weight excluding hydrogens is 353 g/mol. The first kappa shape index (κ1) is 17.8. The lowest BCUT2D eigenvalue weighted by atomic mass is 10.2. The van der Waals surface area contributed by atoms with Crippen LogP contribution in [0.3, 0.4) is 0 Å². The number of furan rings is 1. The number of nitrogens with one attached hydrogen (secondary N) is 1. The van der Waals surface area contributed by atoms with Crippen LogP contribution in [0, 0.1) is 0 Å². The molecule has 1 N–H and O–H groups in total. The van der Waals surface area contributed by atoms with Crippen LogP contribution in [0.4, 0.5) is 18.9 Å². The summed E-state index contributed by atoms with van der Waals surface area (Å²) in [5.74, 6) is -1.02. The highest BCUT2D eigenvalue weighted by atomic mass is 19.4. The zero-order valence-electron chi connectivity index (χ0n) is 13.5. The molecule has 0 bridgehead atoms. The second-order valence-electron chi connectivity index (χ2n) is 5.70. The van der Waals surface area contributed by atoms with E-state index in [1.807, 2.05) is 0 Å². The number of carbonyl (C=O) groups is 2. The second-order valence-corrected chi connectivity index (χ2v) is 5.70. The molecule has 2 aromatic rings. The van der Waals surface area contributed by atoms with Crippen LogP contribution >= 0.6 is 0 Å². The number of alkyl halides is 3. The molecule has 3 rings (SSSR count). The summed E-state index contributed by atoms with van der Waals surface area (Å²) in [4.78, 5) is 26.3. The number of rotatable bonds is 4. The van der Waals surface area contributed by atoms with Gasteiger partial charge in [0.25, 0.3) is 5.91 Å². The van der Waals surface area contributed by atoms with Crippen molar-refractivity contribution in [2.45, 2.75) is 25.2 Å². The molecule has 26 heavy (non-hydrogen) atoms. The Hall–Kier alpha value is -2.97. The molecule has 0 aliphatic carbocycles. The Morgan fingerprint density at radius 3 is 2.54 bits per heavy atom. The van der Waals surface area contributed by atoms with Crippen molar-refractivity contribution in [2.75, 3.05) is 11.9 Å². The maximum Gasteiger partial charge on any atom is 0.573 e. The van der Waals surface area contributed by atoms with E-state index in [9.17, 15) is 22.8 Å². The quantitative estimate of drug-likeness (QED) is 0.898. The number of anilines is 1. The molecule has 2 heterocycles. The zero-order valence-corrected chi connectivity index (χ0v) is 13.5. The summed E-state index contributed by atoms with van der Waals surface area (Å²) in [6.07, 6.45) is -2.24. The Morgan fingerprint density at radius 1 is 1.19 bits per heavy atom. The van der Waals surface area contributed by atoms with Gasteiger partial charge in [0, 0.05) is 12.2 Å². The van der Waals surface area contributed by atoms with Gasteiger partial charge in [-0.25, -0.2) is 0 Å². The van der Waals surface area contributed by atoms with Gasteiger partial charge in [-0.1, -0.05) is 0 Å². The van der Waals surface area contributed by atoms with E-state index in [2.05, 4.69) is 10.1 Å². The van der Waals surface area contributed by atoms with Crippen molar-refractivity contribution in [1.29, 1.82) is 0 Å². The minimum absolute atomic E-state index is 0.151. The van der Waals surface area contributed by atoms with Gasteiger partial charge in [0.2, 0.25) is 5.91 Å². The van der Waals surface area contributed by atoms with E-state index in [-0.39, 0.29) is 17.4 Å². The molecule has 1 fully saturated rings. The van der Waals surface area contributed by atoms with Gasteiger partial charge < -0.3 is 19.4 Å². The molecule has 6 nitrogen and oxygen atoms in total. The number of carbonyl (C=O) groups excluding carboxylic acids is 2. The third-order valence-electron chi connectivity index (χ3n) is 3.90. The Balaban J connectivity index is 1.64. The lowest BCUT2D eigenvalue weighted by Gasteiger charge is -2.23. The number of likely N-dealkylation sites (tertiary alicyclic amines) is 1. The van der Waals surface area contributed by atoms with Crippen molar-refractivity contribution >= 4 is 17.5 Å². The van der Waals surface area contributed by atoms with Gasteiger partial charge in [0.05, 0.1) is 6.26 Å². The van der Waals surface area contributed by atoms with Gasteiger partial charge in [-0.2, -0.15) is 0 Å². The molecule has 2 amide bonds. The van der Waals surface area contributed by atoms with Crippen LogP contribution in [-0.2, 0) is 4.79 Å². The third-order valence-corrected chi connectivity index (χ3v) is 3.90. The minimum Gasteiger partial charge on any atom is -0.459 e. The summed E-state index contributed by atoms with van der Waals surface area (Å²) in [6, 6.07) is 7.24. The van der Waals surface area contributed by atoms with Crippen molar-refractivity contribution in [3.05, 3.63) is 48.4 Å². The maximum atomic E-state index is 12.5. The van der Waals surface area contributed by atoms with E-state index in [1.165, 1.54) is 29.4 Å². The lowest BCUT2D eigenvalue weighted by molar-refractivity contribution is -0.274. The standard InChI is InChI=1S/C17H15F3N2O4/c18-17(19,20)26-12-7-5-11(6-8-12)21-15(23)13-3-1-9-22(13)16(24)14-4-2-10-25-14/h2,4-8,10,13H,1,3,9H2,(H,21,23)/t13-/m1/s1. The topological polar surface area (TPSA) is 71.8 Å². The lowest BCUT2D eigenvalue weighted by Crippen LogP contribution is -2.43. The van der Waals surface area contributed by atoms with Gasteiger partial charge in [-0.3, -0.25) is 9.59 Å². The van der Waals surface area contributed by atoms with Gasteiger partial charge in [-0.05, 0) is 49.2 Å². The van der Waals surface area contributed by atoms with Crippen molar-refractivity contribution in [3.63, 3.8) is 0 Å². The fourth-order valence-corrected chi connectivity index (χ4v) is 2.79. The third kappa shape index (κ3) is 4.16. The van der Waals surface area contributed by atoms with Gasteiger partial charge in [0.1, 0.15) is 11.8 Å². The predicted molar refractivity (Wildman–Crippen MR) is 84.5 cm³/mol. The molecule has 1 saturated heterocycles. The van der Waals surface area contributed by atoms with Crippen LogP contribution in [0.15, 0.2) is 47.1 Å². The van der Waals surface area contributed by atoms with E-state index < -0.39 is 18.3 Å². The van der Waals surface area contributed by atoms with E-state index in [0.717, 1.165) is 12.1 Å². The predicted octanol–water partition coefficient (Wildman–Crippen LogP) is 3.42. The number of amides is 2. The molecular formula is C17H15F3N2O4. The second kappa shape index (κ2) is 7.11. The van der Waals surface area contributed by atoms with Crippen LogP contribution in [0.2, 0.25) is 0 Å². The van der Waals surface area contributed by atoms with Crippen LogP contribution in [0.1, 0.15) is 23.4 Å². The molecule has 1 aliphatic rings. The molecule has 0 saturated carbocycles. The number of ether oxygens (including phenoxy) is 1. The Morgan fingerprint density at radius 2 is 1.92 bits per heavy atom. The fraction of sp³-hybridized carbons (Fsp3) is 0.294. The van der Waals surface area contributed by atoms with Gasteiger partial charge >= 0.3 is 6.36 Å². The number of hydrogen-bond acceptors (Lipinski definition) is 4. The molecule has 1 aromatic heterocycles. The Bertz CT molecular complexity index is 772. The average molecular weight is 368 g/mol. The first-order chi connectivity index (χ1) is 12.3. The van der Waals surface area contributed by atoms with Gasteiger partial charge in [-0.15, -0.1) is 13.2 Å². The molecule has 1 aromatic carbocycles. The van der Waals surface area contributed by atoms with Crippen molar-refractivity contribution < 1.29 is 31.9 Å². The van der Waals surface area contributed by atoms with E-state index >= 15 is 0 Å². The SMILES string of the molecule is O=C(Nc1ccc(OC(F)(F)F)cc1)[C@H]1CCCN1C(=O)c1ccco1. The number of halogens is 3. The van der Waals surface area contributed by atoms with Crippen molar-refractivity contribution in [2.24, 2.45) is 0 Å². The van der Waals surface area contributed by atoms with Crippen LogP contribution in [-0.4, -0.2) is 35.7 Å². The maximum absolute atomic E-state index is 12.5. The van der Waals surface area contributed by atoms with E-state index in [4.69, 9.17) is 4.42 Å². The molecule has 0 unspecified atom stereocenters. The monoisotopic (exact) mass is 368 g/mol. The summed E-state index contributed by atoms with van der Waals surface area (Å²) in [6.45, 7) is 0.427. The molecule has 0 radical (unpaired) electrons. The summed E-state index contributed by atoms with van der Waals surface area (Å²) >= 11 is 0. The highest BCUT2D eigenvalue weighted by Crippen LogP contribution is 2.25. The normalized spacial score (nSPS) is 17.2. The number of benzene rings is 1. The van der Waals surface area contributed by atoms with Crippen LogP contribution < -0.4 is 10.1 Å². The molecule has 0 spiro atoms. The minimum atomic E-state index is -4.78. The summed E-state index contributed by atoms with van der Waals surface area (Å²) < 4.78 is 45.3. The molecule has 1 aliphatic heterocycles. The summed E-state index contributed by atoms with van der Waals surface area (Å²) in [5.41, 5.74) is 0.307. The zero-order chi connectivity index (χ0) is 18.7. The number of nitrogens with zero attached hydrogens (tertiary/aromatic N) is 1. The fourth-order valence-electron chi connectivity index (χ4n) is 2.79. The largest absolute Gasteiger partial charge is 0.573 e. The number of hydrogen-bond donors (Lipinski definition) is 1. The first-order valence-corrected chi connectivity index (χ1v) is 7.84. The average Bonchev–Trinajstić information content (AvgIpc) is 3.26. The molecule has 138 valence electrons. The summed E-state index contributed by atoms with van der Waals surface area (Å²) in [5, 5.41) is 2.60. The smallest absolute Gasteiger partial charge is 0.459 e. The van der Waals surface area contributed by atoms with E-state index in [1.54, 1.807) is 6.07 Å². The Kier molecular flexibility index (Phi) is 4.88. The van der Waals surface area contributed by atoms with Crippen molar-refractivity contribution in [3.8, 4) is 5.75 Å². The van der Waals surface area contributed by atoms with Gasteiger partial charge in [0.15, 0.2) is 5.76 Å². The van der Waals surface area contributed by atoms with Crippen molar-refractivity contribution in [1.82, 2.24) is 4.90 Å². The van der Waals surface area contributed by atoms with E-state index in [0.29, 0.717) is 25.1 Å². The summed E-state index contributed by atoms with van der Waals surface area (Å²) in [7, 11) is 0. The first-order valence-electron chi connectivity index (χ1n) is 7.84. The molecule has 1 atom stereocenters. The highest BCUT2D eigenvalue weighted by Gasteiger charge is 2.35.